The highest BCUT2D eigenvalue weighted by Gasteiger charge is 2.61. The molecule has 0 saturated carbocycles. The summed E-state index contributed by atoms with van der Waals surface area (Å²) in [6.07, 6.45) is -0.362. The molecule has 16 heteroatoms. The number of aldehydes is 1. The highest BCUT2D eigenvalue weighted by Crippen LogP contribution is 2.40. The van der Waals surface area contributed by atoms with Gasteiger partial charge in [-0.15, -0.1) is 0 Å². The minimum Gasteiger partial charge on any atom is -0.488 e. The Balaban J connectivity index is 1.96. The van der Waals surface area contributed by atoms with E-state index in [2.05, 4.69) is 10.2 Å². The van der Waals surface area contributed by atoms with Gasteiger partial charge in [0, 0.05) is 37.8 Å². The number of hydrogen-bond acceptors (Lipinski definition) is 8. The maximum absolute atomic E-state index is 15.2. The lowest BCUT2D eigenvalue weighted by Gasteiger charge is -2.58. The molecule has 1 aliphatic heterocycles. The van der Waals surface area contributed by atoms with E-state index >= 15 is 4.39 Å². The molecule has 3 N–H and O–H groups in total. The van der Waals surface area contributed by atoms with Gasteiger partial charge in [-0.3, -0.25) is 14.5 Å². The second-order valence-electron chi connectivity index (χ2n) is 11.5. The smallest absolute Gasteiger partial charge is 0.238 e. The van der Waals surface area contributed by atoms with E-state index in [1.807, 2.05) is 13.8 Å². The van der Waals surface area contributed by atoms with Gasteiger partial charge in [-0.25, -0.2) is 4.39 Å². The van der Waals surface area contributed by atoms with Crippen LogP contribution in [0.5, 0.6) is 5.75 Å². The summed E-state index contributed by atoms with van der Waals surface area (Å²) in [7, 11) is 31.4. The molecule has 3 rings (SSSR count). The third kappa shape index (κ3) is 7.04. The molecule has 228 valence electrons. The monoisotopic (exact) mass is 609 g/mol. The first-order valence-electron chi connectivity index (χ1n) is 14.1. The maximum Gasteiger partial charge on any atom is 0.238 e. The van der Waals surface area contributed by atoms with Crippen LogP contribution < -0.4 is 10.1 Å². The fourth-order valence-corrected chi connectivity index (χ4v) is 5.54. The van der Waals surface area contributed by atoms with Gasteiger partial charge in [0.05, 0.1) is 44.3 Å². The Morgan fingerprint density at radius 3 is 2.29 bits per heavy atom. The SMILES string of the molecule is [B]C([B])(c1c(C)cccc1OCc1ccc(CN2CC(C)OC(C)C2)cc1F)N(C=O)C([B])(C(=O)NC)C([B])(O)C([B])(O)C=O. The van der Waals surface area contributed by atoms with Crippen LogP contribution in [0.1, 0.15) is 36.1 Å². The predicted octanol–water partition coefficient (Wildman–Crippen LogP) is -1.25. The lowest BCUT2D eigenvalue weighted by Crippen LogP contribution is -2.82. The van der Waals surface area contributed by atoms with Gasteiger partial charge in [0.15, 0.2) is 0 Å². The van der Waals surface area contributed by atoms with Gasteiger partial charge in [-0.2, -0.15) is 0 Å². The number of aliphatic hydroxyl groups is 2. The zero-order chi connectivity index (χ0) is 34.0. The Morgan fingerprint density at radius 1 is 1.13 bits per heavy atom. The third-order valence-corrected chi connectivity index (χ3v) is 7.87. The molecule has 0 aromatic heterocycles. The maximum atomic E-state index is 15.2. The van der Waals surface area contributed by atoms with Crippen LogP contribution in [-0.2, 0) is 37.6 Å². The van der Waals surface area contributed by atoms with Crippen molar-refractivity contribution >= 4 is 57.8 Å². The Bertz CT molecular complexity index is 1410. The van der Waals surface area contributed by atoms with Crippen molar-refractivity contribution in [3.8, 4) is 5.75 Å². The predicted molar refractivity (Wildman–Crippen MR) is 168 cm³/mol. The van der Waals surface area contributed by atoms with Crippen molar-refractivity contribution < 1.29 is 38.5 Å². The Morgan fingerprint density at radius 2 is 1.76 bits per heavy atom. The molecular weight excluding hydrogens is 575 g/mol. The number of amides is 2. The minimum atomic E-state index is -3.56. The summed E-state index contributed by atoms with van der Waals surface area (Å²) in [5.41, 5.74) is -9.06. The molecule has 1 saturated heterocycles. The van der Waals surface area contributed by atoms with E-state index < -0.39 is 33.5 Å². The number of nitrogens with zero attached hydrogens (tertiary/aromatic N) is 2. The summed E-state index contributed by atoms with van der Waals surface area (Å²) in [4.78, 5) is 39.5. The molecule has 10 nitrogen and oxygen atoms in total. The number of carbonyl (C=O) groups excluding carboxylic acids is 3. The van der Waals surface area contributed by atoms with E-state index in [0.29, 0.717) is 12.1 Å². The van der Waals surface area contributed by atoms with E-state index in [0.717, 1.165) is 25.7 Å². The van der Waals surface area contributed by atoms with Crippen molar-refractivity contribution in [1.29, 1.82) is 0 Å². The lowest BCUT2D eigenvalue weighted by molar-refractivity contribution is -0.161. The van der Waals surface area contributed by atoms with Gasteiger partial charge >= 0.3 is 0 Å². The van der Waals surface area contributed by atoms with E-state index in [1.54, 1.807) is 31.2 Å². The minimum absolute atomic E-state index is 0.0511. The van der Waals surface area contributed by atoms with Gasteiger partial charge in [0.25, 0.3) is 0 Å². The summed E-state index contributed by atoms with van der Waals surface area (Å²) in [5.74, 6) is -1.98. The lowest BCUT2D eigenvalue weighted by atomic mass is 9.42. The number of ether oxygens (including phenoxy) is 2. The van der Waals surface area contributed by atoms with E-state index in [4.69, 9.17) is 48.7 Å². The van der Waals surface area contributed by atoms with Crippen LogP contribution in [0, 0.1) is 12.7 Å². The van der Waals surface area contributed by atoms with Crippen LogP contribution in [0.2, 0.25) is 0 Å². The Kier molecular flexibility index (Phi) is 11.1. The van der Waals surface area contributed by atoms with Crippen molar-refractivity contribution in [2.75, 3.05) is 20.1 Å². The van der Waals surface area contributed by atoms with Crippen molar-refractivity contribution in [3.05, 3.63) is 64.5 Å². The average molecular weight is 609 g/mol. The van der Waals surface area contributed by atoms with Crippen molar-refractivity contribution in [1.82, 2.24) is 15.1 Å². The van der Waals surface area contributed by atoms with Crippen LogP contribution in [0.25, 0.3) is 0 Å². The number of rotatable bonds is 13. The van der Waals surface area contributed by atoms with Crippen LogP contribution in [0.4, 0.5) is 4.39 Å². The summed E-state index contributed by atoms with van der Waals surface area (Å²) < 4.78 is 26.9. The molecule has 2 amide bonds. The zero-order valence-electron chi connectivity index (χ0n) is 25.7. The van der Waals surface area contributed by atoms with Crippen LogP contribution in [-0.4, -0.2) is 127 Å². The highest BCUT2D eigenvalue weighted by atomic mass is 19.1. The standard InChI is InChI=1S/C29H33B5FN3O7/c1-17-6-5-7-23(44-14-21-9-8-20(10-22(21)35)13-37-11-18(2)45-19(3)12-37)24(17)28(32,33)38(16-40)27(31,25(41)36-4)29(34,43)26(30,42)15-39/h5-10,15-16,18-19,42-43H,11-14H2,1-4H3,(H,36,41). The molecule has 2 aromatic rings. The summed E-state index contributed by atoms with van der Waals surface area (Å²) in [6.45, 7) is 7.18. The fraction of sp³-hybridized carbons (Fsp3) is 0.483. The van der Waals surface area contributed by atoms with E-state index in [-0.39, 0.29) is 53.3 Å². The van der Waals surface area contributed by atoms with Gasteiger partial charge in [-0.05, 0) is 49.4 Å². The molecule has 1 fully saturated rings. The number of hydrogen-bond donors (Lipinski definition) is 3. The van der Waals surface area contributed by atoms with E-state index in [9.17, 15) is 24.6 Å². The average Bonchev–Trinajstić information content (AvgIpc) is 2.95. The molecule has 5 unspecified atom stereocenters. The van der Waals surface area contributed by atoms with Crippen molar-refractivity contribution in [2.45, 2.75) is 67.9 Å². The normalized spacial score (nSPS) is 21.4. The molecule has 1 heterocycles. The Hall–Kier alpha value is -3.06. The number of halogens is 1. The van der Waals surface area contributed by atoms with E-state index in [1.165, 1.54) is 12.1 Å². The van der Waals surface area contributed by atoms with Crippen LogP contribution >= 0.6 is 0 Å². The zero-order valence-corrected chi connectivity index (χ0v) is 25.7. The molecule has 45 heavy (non-hydrogen) atoms. The first-order valence-corrected chi connectivity index (χ1v) is 14.1. The van der Waals surface area contributed by atoms with Crippen LogP contribution in [0.3, 0.4) is 0 Å². The van der Waals surface area contributed by atoms with Crippen molar-refractivity contribution in [2.24, 2.45) is 0 Å². The van der Waals surface area contributed by atoms with Gasteiger partial charge in [0.2, 0.25) is 12.3 Å². The Labute approximate surface area is 269 Å². The second kappa shape index (κ2) is 13.7. The summed E-state index contributed by atoms with van der Waals surface area (Å²) in [6, 6.07) is 9.31. The molecule has 0 aliphatic carbocycles. The molecule has 0 spiro atoms. The van der Waals surface area contributed by atoms with Gasteiger partial charge in [-0.1, -0.05) is 24.3 Å². The molecule has 0 bridgehead atoms. The first-order chi connectivity index (χ1) is 20.9. The molecule has 1 aliphatic rings. The number of likely N-dealkylation sites (N-methyl/N-ethyl adjacent to an activating group) is 1. The van der Waals surface area contributed by atoms with Crippen molar-refractivity contribution in [3.63, 3.8) is 0 Å². The topological polar surface area (TPSA) is 129 Å². The molecule has 10 radical (unpaired) electrons. The fourth-order valence-electron chi connectivity index (χ4n) is 5.54. The number of aryl methyl sites for hydroxylation is 1. The number of carbonyl (C=O) groups is 3. The van der Waals surface area contributed by atoms with Gasteiger partial charge in [0.1, 0.15) is 48.0 Å². The number of morpholine rings is 1. The summed E-state index contributed by atoms with van der Waals surface area (Å²) in [5, 5.41) is 20.9. The first kappa shape index (κ1) is 36.4. The van der Waals surface area contributed by atoms with Gasteiger partial charge < -0.3 is 34.7 Å². The highest BCUT2D eigenvalue weighted by molar-refractivity contribution is 6.45. The quantitative estimate of drug-likeness (QED) is 0.190. The molecule has 5 atom stereocenters. The third-order valence-electron chi connectivity index (χ3n) is 7.87. The molecule has 2 aromatic carbocycles. The largest absolute Gasteiger partial charge is 0.488 e. The molecular formula is C29H33B5FN3O7. The summed E-state index contributed by atoms with van der Waals surface area (Å²) >= 11 is 0. The van der Waals surface area contributed by atoms with Crippen LogP contribution in [0.15, 0.2) is 36.4 Å². The second-order valence-corrected chi connectivity index (χ2v) is 11.5. The number of nitrogens with one attached hydrogen (secondary N) is 1. The number of benzene rings is 2.